The fourth-order valence-electron chi connectivity index (χ4n) is 1.26. The highest BCUT2D eigenvalue weighted by Gasteiger charge is 2.08. The molecule has 96 valence electrons. The van der Waals surface area contributed by atoms with Gasteiger partial charge in [-0.05, 0) is 12.1 Å². The Balaban J connectivity index is 1.99. The van der Waals surface area contributed by atoms with Gasteiger partial charge in [-0.1, -0.05) is 23.2 Å². The number of aromatic nitrogens is 2. The predicted octanol–water partition coefficient (Wildman–Crippen LogP) is 3.10. The van der Waals surface area contributed by atoms with E-state index in [1.165, 1.54) is 0 Å². The molecular formula is C11H10Cl2N2O3. The van der Waals surface area contributed by atoms with Gasteiger partial charge in [0.1, 0.15) is 12.4 Å². The summed E-state index contributed by atoms with van der Waals surface area (Å²) in [5.74, 6) is 1.21. The molecule has 0 bridgehead atoms. The molecule has 18 heavy (non-hydrogen) atoms. The zero-order valence-electron chi connectivity index (χ0n) is 9.52. The van der Waals surface area contributed by atoms with Crippen LogP contribution in [0, 0.1) is 0 Å². The van der Waals surface area contributed by atoms with Crippen LogP contribution in [0.25, 0.3) is 0 Å². The summed E-state index contributed by atoms with van der Waals surface area (Å²) >= 11 is 11.8. The molecule has 0 fully saturated rings. The molecule has 0 atom stereocenters. The van der Waals surface area contributed by atoms with E-state index >= 15 is 0 Å². The van der Waals surface area contributed by atoms with Crippen molar-refractivity contribution < 1.29 is 13.9 Å². The van der Waals surface area contributed by atoms with E-state index in [1.807, 2.05) is 0 Å². The van der Waals surface area contributed by atoms with Gasteiger partial charge in [0.15, 0.2) is 6.61 Å². The number of halogens is 2. The number of ether oxygens (including phenoxy) is 2. The first-order valence-corrected chi connectivity index (χ1v) is 5.82. The lowest BCUT2D eigenvalue weighted by Gasteiger charge is -2.05. The third kappa shape index (κ3) is 3.35. The highest BCUT2D eigenvalue weighted by atomic mass is 35.5. The molecular weight excluding hydrogens is 279 g/mol. The molecule has 0 aliphatic rings. The normalized spacial score (nSPS) is 10.6. The minimum Gasteiger partial charge on any atom is -0.482 e. The predicted molar refractivity (Wildman–Crippen MR) is 65.8 cm³/mol. The molecule has 0 N–H and O–H groups in total. The standard InChI is InChI=1S/C11H10Cl2N2O3/c1-16-5-10-14-15-11(18-10)6-17-9-4-7(12)2-3-8(9)13/h2-4H,5-6H2,1H3. The summed E-state index contributed by atoms with van der Waals surface area (Å²) in [5.41, 5.74) is 0. The van der Waals surface area contributed by atoms with Crippen molar-refractivity contribution in [3.05, 3.63) is 40.0 Å². The van der Waals surface area contributed by atoms with Crippen LogP contribution in [0.4, 0.5) is 0 Å². The van der Waals surface area contributed by atoms with Gasteiger partial charge in [0.25, 0.3) is 5.89 Å². The first-order chi connectivity index (χ1) is 8.69. The molecule has 1 aromatic carbocycles. The summed E-state index contributed by atoms with van der Waals surface area (Å²) in [6.45, 7) is 0.391. The highest BCUT2D eigenvalue weighted by Crippen LogP contribution is 2.28. The molecule has 2 aromatic rings. The van der Waals surface area contributed by atoms with Gasteiger partial charge in [-0.15, -0.1) is 10.2 Å². The van der Waals surface area contributed by atoms with Crippen molar-refractivity contribution >= 4 is 23.2 Å². The molecule has 0 amide bonds. The van der Waals surface area contributed by atoms with E-state index < -0.39 is 0 Å². The number of nitrogens with zero attached hydrogens (tertiary/aromatic N) is 2. The smallest absolute Gasteiger partial charge is 0.253 e. The van der Waals surface area contributed by atoms with Gasteiger partial charge in [-0.25, -0.2) is 0 Å². The maximum absolute atomic E-state index is 5.95. The van der Waals surface area contributed by atoms with E-state index in [1.54, 1.807) is 25.3 Å². The van der Waals surface area contributed by atoms with E-state index in [4.69, 9.17) is 37.1 Å². The summed E-state index contributed by atoms with van der Waals surface area (Å²) in [6, 6.07) is 4.96. The SMILES string of the molecule is COCc1nnc(COc2cc(Cl)ccc2Cl)o1. The van der Waals surface area contributed by atoms with Crippen LogP contribution in [0.1, 0.15) is 11.8 Å². The van der Waals surface area contributed by atoms with Crippen LogP contribution in [-0.2, 0) is 18.0 Å². The maximum Gasteiger partial charge on any atom is 0.253 e. The topological polar surface area (TPSA) is 57.4 Å². The van der Waals surface area contributed by atoms with Gasteiger partial charge in [0, 0.05) is 18.2 Å². The van der Waals surface area contributed by atoms with Gasteiger partial charge >= 0.3 is 0 Å². The lowest BCUT2D eigenvalue weighted by atomic mass is 10.3. The van der Waals surface area contributed by atoms with E-state index in [2.05, 4.69) is 10.2 Å². The van der Waals surface area contributed by atoms with Crippen LogP contribution in [0.3, 0.4) is 0 Å². The van der Waals surface area contributed by atoms with Crippen molar-refractivity contribution in [3.8, 4) is 5.75 Å². The number of benzene rings is 1. The van der Waals surface area contributed by atoms with Crippen LogP contribution >= 0.6 is 23.2 Å². The molecule has 0 aliphatic heterocycles. The summed E-state index contributed by atoms with van der Waals surface area (Å²) in [4.78, 5) is 0. The Labute approximate surface area is 114 Å². The minimum absolute atomic E-state index is 0.122. The van der Waals surface area contributed by atoms with E-state index in [0.29, 0.717) is 27.6 Å². The van der Waals surface area contributed by atoms with Gasteiger partial charge in [-0.2, -0.15) is 0 Å². The van der Waals surface area contributed by atoms with Crippen molar-refractivity contribution in [3.63, 3.8) is 0 Å². The first kappa shape index (κ1) is 13.1. The second-order valence-electron chi connectivity index (χ2n) is 3.39. The Hall–Kier alpha value is -1.30. The Bertz CT molecular complexity index is 531. The van der Waals surface area contributed by atoms with Gasteiger partial charge in [-0.3, -0.25) is 0 Å². The van der Waals surface area contributed by atoms with Crippen molar-refractivity contribution in [1.29, 1.82) is 0 Å². The summed E-state index contributed by atoms with van der Waals surface area (Å²) < 4.78 is 15.6. The van der Waals surface area contributed by atoms with Crippen LogP contribution in [0.2, 0.25) is 10.0 Å². The Kier molecular flexibility index (Phi) is 4.41. The monoisotopic (exact) mass is 288 g/mol. The van der Waals surface area contributed by atoms with Gasteiger partial charge in [0.2, 0.25) is 5.89 Å². The van der Waals surface area contributed by atoms with Crippen molar-refractivity contribution in [1.82, 2.24) is 10.2 Å². The lowest BCUT2D eigenvalue weighted by Crippen LogP contribution is -1.96. The van der Waals surface area contributed by atoms with Gasteiger partial charge in [0.05, 0.1) is 5.02 Å². The van der Waals surface area contributed by atoms with Crippen LogP contribution in [0.5, 0.6) is 5.75 Å². The van der Waals surface area contributed by atoms with Crippen LogP contribution in [-0.4, -0.2) is 17.3 Å². The zero-order chi connectivity index (χ0) is 13.0. The summed E-state index contributed by atoms with van der Waals surface area (Å²) in [7, 11) is 1.55. The quantitative estimate of drug-likeness (QED) is 0.846. The third-order valence-electron chi connectivity index (χ3n) is 2.02. The second-order valence-corrected chi connectivity index (χ2v) is 4.23. The molecule has 1 heterocycles. The van der Waals surface area contributed by atoms with Gasteiger partial charge < -0.3 is 13.9 Å². The van der Waals surface area contributed by atoms with E-state index in [0.717, 1.165) is 0 Å². The largest absolute Gasteiger partial charge is 0.482 e. The average Bonchev–Trinajstić information content (AvgIpc) is 2.79. The van der Waals surface area contributed by atoms with E-state index in [9.17, 15) is 0 Å². The molecule has 0 aliphatic carbocycles. The first-order valence-electron chi connectivity index (χ1n) is 5.07. The molecule has 0 saturated heterocycles. The lowest BCUT2D eigenvalue weighted by molar-refractivity contribution is 0.154. The zero-order valence-corrected chi connectivity index (χ0v) is 11.0. The van der Waals surface area contributed by atoms with E-state index in [-0.39, 0.29) is 13.2 Å². The Morgan fingerprint density at radius 1 is 1.17 bits per heavy atom. The molecule has 2 rings (SSSR count). The Morgan fingerprint density at radius 2 is 1.89 bits per heavy atom. The molecule has 0 saturated carbocycles. The number of hydrogen-bond donors (Lipinski definition) is 0. The fraction of sp³-hybridized carbons (Fsp3) is 0.273. The van der Waals surface area contributed by atoms with Crippen molar-refractivity contribution in [2.75, 3.05) is 7.11 Å². The molecule has 0 spiro atoms. The third-order valence-corrected chi connectivity index (χ3v) is 2.57. The summed E-state index contributed by atoms with van der Waals surface area (Å²) in [6.07, 6.45) is 0. The minimum atomic E-state index is 0.122. The molecule has 1 aromatic heterocycles. The fourth-order valence-corrected chi connectivity index (χ4v) is 1.59. The van der Waals surface area contributed by atoms with Crippen molar-refractivity contribution in [2.24, 2.45) is 0 Å². The summed E-state index contributed by atoms with van der Waals surface area (Å²) in [5, 5.41) is 8.59. The van der Waals surface area contributed by atoms with Crippen molar-refractivity contribution in [2.45, 2.75) is 13.2 Å². The highest BCUT2D eigenvalue weighted by molar-refractivity contribution is 6.34. The number of hydrogen-bond acceptors (Lipinski definition) is 5. The average molecular weight is 289 g/mol. The number of methoxy groups -OCH3 is 1. The van der Waals surface area contributed by atoms with Crippen LogP contribution < -0.4 is 4.74 Å². The Morgan fingerprint density at radius 3 is 2.61 bits per heavy atom. The maximum atomic E-state index is 5.95. The number of rotatable bonds is 5. The molecule has 7 heteroatoms. The molecule has 0 radical (unpaired) electrons. The second kappa shape index (κ2) is 6.04. The molecule has 5 nitrogen and oxygen atoms in total. The van der Waals surface area contributed by atoms with Crippen LogP contribution in [0.15, 0.2) is 22.6 Å². The molecule has 0 unspecified atom stereocenters.